The molecular weight excluding hydrogens is 426 g/mol. The number of nitrogens with zero attached hydrogens (tertiary/aromatic N) is 1. The van der Waals surface area contributed by atoms with Gasteiger partial charge in [0.1, 0.15) is 11.5 Å². The van der Waals surface area contributed by atoms with Crippen molar-refractivity contribution in [3.8, 4) is 5.75 Å². The molecule has 0 aromatic heterocycles. The van der Waals surface area contributed by atoms with E-state index in [1.54, 1.807) is 48.5 Å². The topological polar surface area (TPSA) is 87.1 Å². The number of aliphatic hydroxyl groups excluding tert-OH is 2. The molecule has 1 aliphatic rings. The van der Waals surface area contributed by atoms with Gasteiger partial charge in [0, 0.05) is 16.6 Å². The number of likely N-dealkylation sites (tertiary alicyclic amines) is 1. The second kappa shape index (κ2) is 8.58. The number of hydrogen-bond acceptors (Lipinski definition) is 5. The van der Waals surface area contributed by atoms with Gasteiger partial charge in [0.05, 0.1) is 24.8 Å². The van der Waals surface area contributed by atoms with Gasteiger partial charge < -0.3 is 19.8 Å². The highest BCUT2D eigenvalue weighted by Gasteiger charge is 2.45. The summed E-state index contributed by atoms with van der Waals surface area (Å²) in [6, 6.07) is 13.0. The Morgan fingerprint density at radius 1 is 1.11 bits per heavy atom. The number of Topliss-reactive ketones (excluding diaryl/α,β-unsaturated/α-hetero) is 1. The van der Waals surface area contributed by atoms with E-state index >= 15 is 0 Å². The third kappa shape index (κ3) is 3.81. The van der Waals surface area contributed by atoms with Crippen molar-refractivity contribution in [2.75, 3.05) is 19.8 Å². The molecule has 1 saturated heterocycles. The van der Waals surface area contributed by atoms with Crippen molar-refractivity contribution in [2.24, 2.45) is 0 Å². The molecule has 3 rings (SSSR count). The average molecular weight is 446 g/mol. The van der Waals surface area contributed by atoms with Gasteiger partial charge in [-0.05, 0) is 48.9 Å². The fourth-order valence-electron chi connectivity index (χ4n) is 3.24. The Labute approximate surface area is 171 Å². The van der Waals surface area contributed by atoms with Crippen LogP contribution in [0.4, 0.5) is 0 Å². The largest absolute Gasteiger partial charge is 0.507 e. The normalized spacial score (nSPS) is 18.5. The number of ketones is 1. The molecule has 0 saturated carbocycles. The number of carbonyl (C=O) groups excluding carboxylic acids is 2. The first-order valence-electron chi connectivity index (χ1n) is 8.86. The molecule has 28 heavy (non-hydrogen) atoms. The van der Waals surface area contributed by atoms with Crippen LogP contribution in [0.2, 0.25) is 0 Å². The van der Waals surface area contributed by atoms with Crippen LogP contribution in [0.15, 0.2) is 58.6 Å². The van der Waals surface area contributed by atoms with E-state index < -0.39 is 17.7 Å². The Bertz CT molecular complexity index is 905. The summed E-state index contributed by atoms with van der Waals surface area (Å²) in [6.07, 6.45) is 0. The molecule has 1 atom stereocenters. The third-order valence-electron chi connectivity index (χ3n) is 4.51. The van der Waals surface area contributed by atoms with E-state index in [-0.39, 0.29) is 24.5 Å². The van der Waals surface area contributed by atoms with Crippen LogP contribution < -0.4 is 4.74 Å². The lowest BCUT2D eigenvalue weighted by Gasteiger charge is -2.24. The summed E-state index contributed by atoms with van der Waals surface area (Å²) >= 11 is 3.36. The van der Waals surface area contributed by atoms with Gasteiger partial charge in [-0.3, -0.25) is 9.59 Å². The minimum absolute atomic E-state index is 0.00457. The predicted octanol–water partition coefficient (Wildman–Crippen LogP) is 3.26. The van der Waals surface area contributed by atoms with Gasteiger partial charge in [-0.15, -0.1) is 0 Å². The Morgan fingerprint density at radius 2 is 1.75 bits per heavy atom. The van der Waals surface area contributed by atoms with Crippen LogP contribution in [0.5, 0.6) is 5.75 Å². The van der Waals surface area contributed by atoms with Crippen molar-refractivity contribution in [2.45, 2.75) is 13.0 Å². The minimum atomic E-state index is -0.771. The molecule has 0 radical (unpaired) electrons. The Kier molecular flexibility index (Phi) is 6.16. The lowest BCUT2D eigenvalue weighted by atomic mass is 9.95. The van der Waals surface area contributed by atoms with Gasteiger partial charge in [-0.1, -0.05) is 28.1 Å². The second-order valence-corrected chi connectivity index (χ2v) is 7.14. The molecule has 1 fully saturated rings. The Balaban J connectivity index is 2.10. The van der Waals surface area contributed by atoms with E-state index in [0.717, 1.165) is 4.47 Å². The smallest absolute Gasteiger partial charge is 0.295 e. The first-order valence-corrected chi connectivity index (χ1v) is 9.65. The van der Waals surface area contributed by atoms with Crippen molar-refractivity contribution in [3.63, 3.8) is 0 Å². The first kappa shape index (κ1) is 20.1. The quantitative estimate of drug-likeness (QED) is 0.404. The van der Waals surface area contributed by atoms with Crippen molar-refractivity contribution in [1.29, 1.82) is 0 Å². The van der Waals surface area contributed by atoms with E-state index in [2.05, 4.69) is 15.9 Å². The fraction of sp³-hybridized carbons (Fsp3) is 0.238. The molecule has 2 aromatic carbocycles. The van der Waals surface area contributed by atoms with E-state index in [4.69, 9.17) is 4.74 Å². The SMILES string of the molecule is CCOc1ccc(/C(O)=C2\C(=O)C(=O)N(CCO)C2c2ccc(Br)cc2)cc1. The maximum atomic E-state index is 12.7. The number of hydrogen-bond donors (Lipinski definition) is 2. The molecule has 1 heterocycles. The minimum Gasteiger partial charge on any atom is -0.507 e. The summed E-state index contributed by atoms with van der Waals surface area (Å²) in [5.41, 5.74) is 1.08. The Hall–Kier alpha value is -2.64. The number of aliphatic hydroxyl groups is 2. The van der Waals surface area contributed by atoms with E-state index in [1.807, 2.05) is 6.92 Å². The zero-order chi connectivity index (χ0) is 20.3. The molecule has 1 unspecified atom stereocenters. The van der Waals surface area contributed by atoms with Crippen molar-refractivity contribution in [3.05, 3.63) is 69.7 Å². The summed E-state index contributed by atoms with van der Waals surface area (Å²) < 4.78 is 6.24. The molecule has 0 bridgehead atoms. The molecule has 6 nitrogen and oxygen atoms in total. The number of rotatable bonds is 6. The van der Waals surface area contributed by atoms with Gasteiger partial charge in [-0.25, -0.2) is 0 Å². The van der Waals surface area contributed by atoms with Crippen LogP contribution in [-0.4, -0.2) is 46.6 Å². The standard InChI is InChI=1S/C21H20BrNO5/c1-2-28-16-9-5-14(6-10-16)19(25)17-18(13-3-7-15(22)8-4-13)23(11-12-24)21(27)20(17)26/h3-10,18,24-25H,2,11-12H2,1H3/b19-17+. The van der Waals surface area contributed by atoms with E-state index in [0.29, 0.717) is 23.5 Å². The van der Waals surface area contributed by atoms with Gasteiger partial charge >= 0.3 is 0 Å². The molecule has 0 spiro atoms. The third-order valence-corrected chi connectivity index (χ3v) is 5.03. The number of ether oxygens (including phenoxy) is 1. The molecule has 146 valence electrons. The van der Waals surface area contributed by atoms with Crippen LogP contribution in [-0.2, 0) is 9.59 Å². The highest BCUT2D eigenvalue weighted by Crippen LogP contribution is 2.39. The highest BCUT2D eigenvalue weighted by molar-refractivity contribution is 9.10. The lowest BCUT2D eigenvalue weighted by molar-refractivity contribution is -0.140. The molecular formula is C21H20BrNO5. The predicted molar refractivity (Wildman–Crippen MR) is 108 cm³/mol. The molecule has 2 N–H and O–H groups in total. The number of β-amino-alcohol motifs (C(OH)–C–C–N with tert-alkyl or cyclic N) is 1. The lowest BCUT2D eigenvalue weighted by Crippen LogP contribution is -2.32. The monoisotopic (exact) mass is 445 g/mol. The van der Waals surface area contributed by atoms with Gasteiger partial charge in [0.2, 0.25) is 0 Å². The number of benzene rings is 2. The van der Waals surface area contributed by atoms with Gasteiger partial charge in [0.15, 0.2) is 0 Å². The maximum Gasteiger partial charge on any atom is 0.295 e. The maximum absolute atomic E-state index is 12.7. The first-order chi connectivity index (χ1) is 13.5. The molecule has 0 aliphatic carbocycles. The van der Waals surface area contributed by atoms with Crippen molar-refractivity contribution in [1.82, 2.24) is 4.90 Å². The highest BCUT2D eigenvalue weighted by atomic mass is 79.9. The summed E-state index contributed by atoms with van der Waals surface area (Å²) in [5, 5.41) is 20.2. The van der Waals surface area contributed by atoms with Gasteiger partial charge in [-0.2, -0.15) is 0 Å². The molecule has 2 aromatic rings. The van der Waals surface area contributed by atoms with E-state index in [1.165, 1.54) is 4.90 Å². The fourth-order valence-corrected chi connectivity index (χ4v) is 3.51. The van der Waals surface area contributed by atoms with Crippen molar-refractivity contribution < 1.29 is 24.5 Å². The summed E-state index contributed by atoms with van der Waals surface area (Å²) in [7, 11) is 0. The molecule has 7 heteroatoms. The van der Waals surface area contributed by atoms with Crippen LogP contribution in [0.3, 0.4) is 0 Å². The van der Waals surface area contributed by atoms with Gasteiger partial charge in [0.25, 0.3) is 11.7 Å². The van der Waals surface area contributed by atoms with Crippen molar-refractivity contribution >= 4 is 33.4 Å². The summed E-state index contributed by atoms with van der Waals surface area (Å²) in [4.78, 5) is 26.5. The number of amides is 1. The number of halogens is 1. The van der Waals surface area contributed by atoms with Crippen LogP contribution in [0.25, 0.3) is 5.76 Å². The van der Waals surface area contributed by atoms with Crippen LogP contribution in [0.1, 0.15) is 24.1 Å². The summed E-state index contributed by atoms with van der Waals surface area (Å²) in [6.45, 7) is 2.09. The molecule has 1 aliphatic heterocycles. The average Bonchev–Trinajstić information content (AvgIpc) is 2.94. The molecule has 1 amide bonds. The number of carbonyl (C=O) groups is 2. The zero-order valence-electron chi connectivity index (χ0n) is 15.3. The van der Waals surface area contributed by atoms with Crippen LogP contribution in [0, 0.1) is 0 Å². The summed E-state index contributed by atoms with van der Waals surface area (Å²) in [5.74, 6) is -1.12. The second-order valence-electron chi connectivity index (χ2n) is 6.23. The Morgan fingerprint density at radius 3 is 2.32 bits per heavy atom. The van der Waals surface area contributed by atoms with Crippen LogP contribution >= 0.6 is 15.9 Å². The zero-order valence-corrected chi connectivity index (χ0v) is 16.8. The van der Waals surface area contributed by atoms with E-state index in [9.17, 15) is 19.8 Å².